The number of nitrogens with zero attached hydrogens (tertiary/aromatic N) is 2. The zero-order valence-electron chi connectivity index (χ0n) is 14.9. The molecule has 0 radical (unpaired) electrons. The predicted molar refractivity (Wildman–Crippen MR) is 105 cm³/mol. The molecule has 1 fully saturated rings. The second-order valence-electron chi connectivity index (χ2n) is 6.68. The number of thiazole rings is 1. The van der Waals surface area contributed by atoms with Crippen LogP contribution < -0.4 is 5.32 Å². The molecule has 1 unspecified atom stereocenters. The van der Waals surface area contributed by atoms with Crippen molar-refractivity contribution in [3.05, 3.63) is 52.5 Å². The number of nitrogens with one attached hydrogen (secondary N) is 1. The number of aromatic nitrogens is 1. The van der Waals surface area contributed by atoms with Crippen LogP contribution in [0.4, 0.5) is 5.13 Å². The summed E-state index contributed by atoms with van der Waals surface area (Å²) in [6.07, 6.45) is 9.13. The van der Waals surface area contributed by atoms with Crippen LogP contribution >= 0.6 is 11.3 Å². The number of piperidine rings is 1. The second kappa shape index (κ2) is 8.41. The van der Waals surface area contributed by atoms with E-state index in [1.165, 1.54) is 29.7 Å². The monoisotopic (exact) mass is 355 g/mol. The van der Waals surface area contributed by atoms with Crippen LogP contribution in [-0.4, -0.2) is 28.4 Å². The molecule has 1 amide bonds. The van der Waals surface area contributed by atoms with E-state index in [1.54, 1.807) is 17.4 Å². The molecular weight excluding hydrogens is 330 g/mol. The van der Waals surface area contributed by atoms with Crippen molar-refractivity contribution >= 4 is 28.5 Å². The van der Waals surface area contributed by atoms with E-state index in [2.05, 4.69) is 22.1 Å². The molecule has 4 nitrogen and oxygen atoms in total. The minimum atomic E-state index is -0.146. The summed E-state index contributed by atoms with van der Waals surface area (Å²) >= 11 is 1.56. The zero-order valence-corrected chi connectivity index (χ0v) is 15.7. The van der Waals surface area contributed by atoms with Crippen LogP contribution in [0.15, 0.2) is 36.5 Å². The molecule has 1 saturated heterocycles. The van der Waals surface area contributed by atoms with Gasteiger partial charge >= 0.3 is 0 Å². The summed E-state index contributed by atoms with van der Waals surface area (Å²) in [4.78, 5) is 20.1. The SMILES string of the molecule is Cc1ccc(/C=C/C(=O)Nc2ncc(CN3CCCCC3C)s2)cc1. The number of anilines is 1. The van der Waals surface area contributed by atoms with Gasteiger partial charge in [0, 0.05) is 29.7 Å². The lowest BCUT2D eigenvalue weighted by molar-refractivity contribution is -0.111. The molecule has 1 N–H and O–H groups in total. The molecule has 2 heterocycles. The van der Waals surface area contributed by atoms with Crippen LogP contribution in [0.1, 0.15) is 42.2 Å². The minimum absolute atomic E-state index is 0.146. The Morgan fingerprint density at radius 1 is 1.36 bits per heavy atom. The number of aryl methyl sites for hydroxylation is 1. The summed E-state index contributed by atoms with van der Waals surface area (Å²) in [5, 5.41) is 3.52. The Morgan fingerprint density at radius 2 is 2.16 bits per heavy atom. The van der Waals surface area contributed by atoms with Gasteiger partial charge in [-0.1, -0.05) is 36.2 Å². The summed E-state index contributed by atoms with van der Waals surface area (Å²) < 4.78 is 0. The van der Waals surface area contributed by atoms with Crippen molar-refractivity contribution in [2.24, 2.45) is 0 Å². The molecule has 1 aliphatic heterocycles. The van der Waals surface area contributed by atoms with Gasteiger partial charge in [-0.05, 0) is 44.9 Å². The van der Waals surface area contributed by atoms with Gasteiger partial charge in [-0.25, -0.2) is 4.98 Å². The molecule has 132 valence electrons. The first kappa shape index (κ1) is 17.8. The molecule has 1 atom stereocenters. The molecule has 2 aromatic rings. The van der Waals surface area contributed by atoms with Crippen LogP contribution in [0.25, 0.3) is 6.08 Å². The molecular formula is C20H25N3OS. The van der Waals surface area contributed by atoms with Gasteiger partial charge in [0.15, 0.2) is 5.13 Å². The highest BCUT2D eigenvalue weighted by Gasteiger charge is 2.19. The first-order chi connectivity index (χ1) is 12.1. The highest BCUT2D eigenvalue weighted by Crippen LogP contribution is 2.24. The lowest BCUT2D eigenvalue weighted by Gasteiger charge is -2.32. The third-order valence-electron chi connectivity index (χ3n) is 4.59. The van der Waals surface area contributed by atoms with Gasteiger partial charge in [0.1, 0.15) is 0 Å². The molecule has 1 aliphatic rings. The average molecular weight is 356 g/mol. The van der Waals surface area contributed by atoms with Gasteiger partial charge in [0.05, 0.1) is 0 Å². The maximum atomic E-state index is 12.1. The lowest BCUT2D eigenvalue weighted by atomic mass is 10.0. The Morgan fingerprint density at radius 3 is 2.92 bits per heavy atom. The third kappa shape index (κ3) is 5.25. The topological polar surface area (TPSA) is 45.2 Å². The van der Waals surface area contributed by atoms with Gasteiger partial charge in [-0.3, -0.25) is 15.0 Å². The fourth-order valence-electron chi connectivity index (χ4n) is 3.03. The van der Waals surface area contributed by atoms with Crippen LogP contribution in [0.5, 0.6) is 0 Å². The number of carbonyl (C=O) groups excluding carboxylic acids is 1. The van der Waals surface area contributed by atoms with Gasteiger partial charge in [0.25, 0.3) is 0 Å². The molecule has 0 spiro atoms. The Hall–Kier alpha value is -1.98. The highest BCUT2D eigenvalue weighted by molar-refractivity contribution is 7.15. The van der Waals surface area contributed by atoms with Gasteiger partial charge in [-0.15, -0.1) is 11.3 Å². The van der Waals surface area contributed by atoms with Gasteiger partial charge in [0.2, 0.25) is 5.91 Å². The van der Waals surface area contributed by atoms with E-state index in [0.717, 1.165) is 18.7 Å². The zero-order chi connectivity index (χ0) is 17.6. The summed E-state index contributed by atoms with van der Waals surface area (Å²) in [7, 11) is 0. The number of carbonyl (C=O) groups is 1. The van der Waals surface area contributed by atoms with E-state index in [1.807, 2.05) is 43.5 Å². The van der Waals surface area contributed by atoms with E-state index < -0.39 is 0 Å². The van der Waals surface area contributed by atoms with Gasteiger partial charge < -0.3 is 0 Å². The smallest absolute Gasteiger partial charge is 0.250 e. The summed E-state index contributed by atoms with van der Waals surface area (Å²) in [5.74, 6) is -0.146. The van der Waals surface area contributed by atoms with Crippen LogP contribution in [0.2, 0.25) is 0 Å². The number of benzene rings is 1. The maximum absolute atomic E-state index is 12.1. The van der Waals surface area contributed by atoms with Crippen molar-refractivity contribution < 1.29 is 4.79 Å². The van der Waals surface area contributed by atoms with Crippen molar-refractivity contribution in [1.82, 2.24) is 9.88 Å². The normalized spacial score (nSPS) is 18.6. The van der Waals surface area contributed by atoms with E-state index in [4.69, 9.17) is 0 Å². The van der Waals surface area contributed by atoms with Crippen molar-refractivity contribution in [2.45, 2.75) is 45.7 Å². The van der Waals surface area contributed by atoms with Crippen LogP contribution in [0, 0.1) is 6.92 Å². The van der Waals surface area contributed by atoms with Crippen molar-refractivity contribution in [3.63, 3.8) is 0 Å². The number of likely N-dealkylation sites (tertiary alicyclic amines) is 1. The fraction of sp³-hybridized carbons (Fsp3) is 0.400. The second-order valence-corrected chi connectivity index (χ2v) is 7.80. The largest absolute Gasteiger partial charge is 0.298 e. The Balaban J connectivity index is 1.53. The molecule has 5 heteroatoms. The van der Waals surface area contributed by atoms with E-state index in [-0.39, 0.29) is 5.91 Å². The standard InChI is InChI=1S/C20H25N3OS/c1-15-6-8-17(9-7-15)10-11-19(24)22-20-21-13-18(25-20)14-23-12-4-3-5-16(23)2/h6-11,13,16H,3-5,12,14H2,1-2H3,(H,21,22,24)/b11-10+. The number of hydrogen-bond acceptors (Lipinski definition) is 4. The third-order valence-corrected chi connectivity index (χ3v) is 5.49. The number of hydrogen-bond donors (Lipinski definition) is 1. The van der Waals surface area contributed by atoms with E-state index in [0.29, 0.717) is 11.2 Å². The van der Waals surface area contributed by atoms with Gasteiger partial charge in [-0.2, -0.15) is 0 Å². The predicted octanol–water partition coefficient (Wildman–Crippen LogP) is 4.48. The molecule has 0 aliphatic carbocycles. The van der Waals surface area contributed by atoms with E-state index in [9.17, 15) is 4.79 Å². The molecule has 0 saturated carbocycles. The average Bonchev–Trinajstić information content (AvgIpc) is 3.03. The molecule has 25 heavy (non-hydrogen) atoms. The van der Waals surface area contributed by atoms with Crippen molar-refractivity contribution in [3.8, 4) is 0 Å². The van der Waals surface area contributed by atoms with E-state index >= 15 is 0 Å². The Kier molecular flexibility index (Phi) is 6.00. The molecule has 1 aromatic heterocycles. The first-order valence-electron chi connectivity index (χ1n) is 8.84. The molecule has 1 aromatic carbocycles. The number of amides is 1. The Bertz CT molecular complexity index is 736. The molecule has 3 rings (SSSR count). The van der Waals surface area contributed by atoms with Crippen LogP contribution in [0.3, 0.4) is 0 Å². The van der Waals surface area contributed by atoms with Crippen molar-refractivity contribution in [1.29, 1.82) is 0 Å². The minimum Gasteiger partial charge on any atom is -0.298 e. The fourth-order valence-corrected chi connectivity index (χ4v) is 3.87. The quantitative estimate of drug-likeness (QED) is 0.805. The molecule has 0 bridgehead atoms. The maximum Gasteiger partial charge on any atom is 0.250 e. The Labute approximate surface area is 153 Å². The summed E-state index contributed by atoms with van der Waals surface area (Å²) in [6.45, 7) is 6.41. The lowest BCUT2D eigenvalue weighted by Crippen LogP contribution is -2.36. The summed E-state index contributed by atoms with van der Waals surface area (Å²) in [6, 6.07) is 8.70. The first-order valence-corrected chi connectivity index (χ1v) is 9.66. The highest BCUT2D eigenvalue weighted by atomic mass is 32.1. The number of rotatable bonds is 5. The van der Waals surface area contributed by atoms with Crippen LogP contribution in [-0.2, 0) is 11.3 Å². The summed E-state index contributed by atoms with van der Waals surface area (Å²) in [5.41, 5.74) is 2.22. The van der Waals surface area contributed by atoms with Crippen molar-refractivity contribution in [2.75, 3.05) is 11.9 Å².